The van der Waals surface area contributed by atoms with Crippen LogP contribution in [0.5, 0.6) is 17.2 Å². The monoisotopic (exact) mass is 945 g/mol. The minimum Gasteiger partial charge on any atom is -0.459 e. The first-order valence-corrected chi connectivity index (χ1v) is 22.8. The number of carbonyl (C=O) groups is 2. The van der Waals surface area contributed by atoms with Crippen LogP contribution < -0.4 is 19.5 Å². The van der Waals surface area contributed by atoms with E-state index in [1.54, 1.807) is 43.3 Å². The molecule has 1 fully saturated rings. The van der Waals surface area contributed by atoms with Gasteiger partial charge in [-0.3, -0.25) is 25.1 Å². The molecule has 20 nitrogen and oxygen atoms in total. The van der Waals surface area contributed by atoms with E-state index in [-0.39, 0.29) is 93.9 Å². The van der Waals surface area contributed by atoms with E-state index in [4.69, 9.17) is 33.7 Å². The summed E-state index contributed by atoms with van der Waals surface area (Å²) in [6.07, 6.45) is 5.83. The van der Waals surface area contributed by atoms with Crippen molar-refractivity contribution in [2.24, 2.45) is 22.9 Å². The summed E-state index contributed by atoms with van der Waals surface area (Å²) in [5.41, 5.74) is 2.12. The van der Waals surface area contributed by atoms with Crippen LogP contribution in [0, 0.1) is 38.0 Å². The molecule has 2 aliphatic carbocycles. The van der Waals surface area contributed by atoms with Gasteiger partial charge in [-0.25, -0.2) is 9.59 Å². The number of unbranched alkanes of at least 4 members (excludes halogenated alkanes) is 2. The van der Waals surface area contributed by atoms with Gasteiger partial charge in [0.1, 0.15) is 29.9 Å². The number of aliphatic hydroxyl groups is 3. The minimum absolute atomic E-state index is 0.00107. The van der Waals surface area contributed by atoms with Crippen molar-refractivity contribution in [2.75, 3.05) is 52.7 Å². The van der Waals surface area contributed by atoms with Gasteiger partial charge in [-0.1, -0.05) is 30.1 Å². The highest BCUT2D eigenvalue weighted by Gasteiger charge is 2.65. The van der Waals surface area contributed by atoms with Crippen molar-refractivity contribution < 1.29 is 63.3 Å². The summed E-state index contributed by atoms with van der Waals surface area (Å²) in [7, 11) is 0. The molecule has 1 aliphatic heterocycles. The molecular formula is C48H59N5O15. The van der Waals surface area contributed by atoms with Gasteiger partial charge >= 0.3 is 12.2 Å². The zero-order chi connectivity index (χ0) is 48.6. The average Bonchev–Trinajstić information content (AvgIpc) is 3.32. The molecule has 68 heavy (non-hydrogen) atoms. The van der Waals surface area contributed by atoms with Crippen molar-refractivity contribution >= 4 is 29.3 Å². The zero-order valence-electron chi connectivity index (χ0n) is 37.9. The standard InChI is InChI=1S/C48H59N5O15/c1-3-25-64-48-43(51(21-26-63-27-24-56)47(58)67-36-17-15-35(16-18-36)53(61)62)30-41(50-65-31-32-11-13-34(14-12-32)52(59)60)39-28-33(9-5-7-22-54)38(10-6-8-23-55)44(45(39)48)40-29-37(19-20-42(40)68-48)66-46(57)49-4-2/h3,11-20,28-29,33,38,43-45,54-56H,1,4-10,21-27,30-31H2,2H3,(H,49,57). The summed E-state index contributed by atoms with van der Waals surface area (Å²) < 4.78 is 31.6. The maximum absolute atomic E-state index is 14.8. The van der Waals surface area contributed by atoms with Gasteiger partial charge in [0.05, 0.1) is 47.9 Å². The number of nitro benzene ring substituents is 2. The summed E-state index contributed by atoms with van der Waals surface area (Å²) in [5.74, 6) is -2.62. The second kappa shape index (κ2) is 24.5. The van der Waals surface area contributed by atoms with E-state index >= 15 is 0 Å². The van der Waals surface area contributed by atoms with E-state index < -0.39 is 45.7 Å². The molecule has 1 heterocycles. The number of hydrogen-bond acceptors (Lipinski definition) is 16. The Morgan fingerprint density at radius 1 is 0.912 bits per heavy atom. The number of fused-ring (bicyclic) bond motifs is 2. The molecule has 20 heteroatoms. The lowest BCUT2D eigenvalue weighted by Crippen LogP contribution is -2.70. The minimum atomic E-state index is -1.73. The number of benzene rings is 3. The Bertz CT molecular complexity index is 2270. The number of nitrogens with one attached hydrogen (secondary N) is 1. The maximum atomic E-state index is 14.8. The topological polar surface area (TPSA) is 264 Å². The number of nitro groups is 2. The summed E-state index contributed by atoms with van der Waals surface area (Å²) in [6, 6.07) is 14.9. The van der Waals surface area contributed by atoms with Crippen molar-refractivity contribution in [3.63, 3.8) is 0 Å². The zero-order valence-corrected chi connectivity index (χ0v) is 37.9. The second-order valence-corrected chi connectivity index (χ2v) is 16.5. The molecule has 4 N–H and O–H groups in total. The first kappa shape index (κ1) is 51.0. The van der Waals surface area contributed by atoms with Gasteiger partial charge in [0.2, 0.25) is 5.79 Å². The van der Waals surface area contributed by atoms with Gasteiger partial charge in [-0.05, 0) is 98.0 Å². The number of ether oxygens (including phenoxy) is 5. The number of amides is 2. The first-order chi connectivity index (χ1) is 33.0. The van der Waals surface area contributed by atoms with Crippen molar-refractivity contribution in [3.8, 4) is 17.2 Å². The van der Waals surface area contributed by atoms with Crippen LogP contribution >= 0.6 is 0 Å². The molecule has 0 aromatic heterocycles. The number of rotatable bonds is 25. The summed E-state index contributed by atoms with van der Waals surface area (Å²) >= 11 is 0. The third kappa shape index (κ3) is 12.2. The fraction of sp³-hybridized carbons (Fsp3) is 0.479. The van der Waals surface area contributed by atoms with Crippen molar-refractivity contribution in [2.45, 2.75) is 76.2 Å². The van der Waals surface area contributed by atoms with E-state index in [2.05, 4.69) is 18.0 Å². The Balaban J connectivity index is 1.57. The van der Waals surface area contributed by atoms with Crippen LogP contribution in [0.1, 0.15) is 68.9 Å². The molecule has 1 saturated carbocycles. The number of non-ortho nitro benzene ring substituents is 2. The predicted octanol–water partition coefficient (Wildman–Crippen LogP) is 6.96. The number of carbonyl (C=O) groups excluding carboxylic acids is 2. The van der Waals surface area contributed by atoms with Crippen LogP contribution in [-0.2, 0) is 20.9 Å². The SMILES string of the molecule is C=CCOC12Oc3ccc(OC(=O)NCC)cc3C3C(CCCCO)C(CCCCO)C=C(C(=NOCc4ccc([N+](=O)[O-])cc4)CC1N(CCOCCO)C(=O)Oc1ccc([N+](=O)[O-])cc1)C32. The lowest BCUT2D eigenvalue weighted by Gasteiger charge is -2.59. The molecular weight excluding hydrogens is 887 g/mol. The molecule has 0 spiro atoms. The number of hydrogen-bond donors (Lipinski definition) is 4. The molecule has 366 valence electrons. The molecule has 2 amide bonds. The molecule has 3 aliphatic rings. The van der Waals surface area contributed by atoms with Gasteiger partial charge in [-0.15, -0.1) is 6.58 Å². The number of allylic oxidation sites excluding steroid dienone is 1. The van der Waals surface area contributed by atoms with Gasteiger partial charge in [0, 0.05) is 68.5 Å². The quantitative estimate of drug-likeness (QED) is 0.0290. The van der Waals surface area contributed by atoms with E-state index in [0.717, 1.165) is 0 Å². The van der Waals surface area contributed by atoms with Crippen LogP contribution in [0.4, 0.5) is 21.0 Å². The number of oxime groups is 1. The Morgan fingerprint density at radius 2 is 1.59 bits per heavy atom. The fourth-order valence-corrected chi connectivity index (χ4v) is 9.40. The normalized spacial score (nSPS) is 21.9. The molecule has 6 rings (SSSR count). The largest absolute Gasteiger partial charge is 0.459 e. The predicted molar refractivity (Wildman–Crippen MR) is 246 cm³/mol. The third-order valence-corrected chi connectivity index (χ3v) is 12.3. The van der Waals surface area contributed by atoms with Gasteiger partial charge < -0.3 is 49.2 Å². The van der Waals surface area contributed by atoms with E-state index in [1.807, 2.05) is 0 Å². The van der Waals surface area contributed by atoms with Crippen molar-refractivity contribution in [1.29, 1.82) is 0 Å². The first-order valence-electron chi connectivity index (χ1n) is 22.8. The van der Waals surface area contributed by atoms with Crippen LogP contribution in [0.3, 0.4) is 0 Å². The highest BCUT2D eigenvalue weighted by Crippen LogP contribution is 2.62. The molecule has 6 unspecified atom stereocenters. The lowest BCUT2D eigenvalue weighted by atomic mass is 9.55. The summed E-state index contributed by atoms with van der Waals surface area (Å²) in [6.45, 7) is 5.39. The fourth-order valence-electron chi connectivity index (χ4n) is 9.40. The Hall–Kier alpha value is -6.45. The van der Waals surface area contributed by atoms with Crippen LogP contribution in [0.2, 0.25) is 0 Å². The van der Waals surface area contributed by atoms with Gasteiger partial charge in [0.25, 0.3) is 11.4 Å². The lowest BCUT2D eigenvalue weighted by molar-refractivity contribution is -0.385. The van der Waals surface area contributed by atoms with E-state index in [9.17, 15) is 45.1 Å². The maximum Gasteiger partial charge on any atom is 0.415 e. The van der Waals surface area contributed by atoms with E-state index in [1.165, 1.54) is 41.3 Å². The molecule has 0 bridgehead atoms. The van der Waals surface area contributed by atoms with Crippen molar-refractivity contribution in [3.05, 3.63) is 122 Å². The Labute approximate surface area is 393 Å². The van der Waals surface area contributed by atoms with Crippen LogP contribution in [0.15, 0.2) is 96.2 Å². The van der Waals surface area contributed by atoms with Crippen LogP contribution in [0.25, 0.3) is 0 Å². The van der Waals surface area contributed by atoms with Crippen LogP contribution in [-0.4, -0.2) is 113 Å². The highest BCUT2D eigenvalue weighted by atomic mass is 16.7. The second-order valence-electron chi connectivity index (χ2n) is 16.5. The third-order valence-electron chi connectivity index (χ3n) is 12.3. The Morgan fingerprint density at radius 3 is 2.24 bits per heavy atom. The molecule has 0 saturated heterocycles. The number of nitrogens with zero attached hydrogens (tertiary/aromatic N) is 4. The Kier molecular flexibility index (Phi) is 18.4. The van der Waals surface area contributed by atoms with Gasteiger partial charge in [-0.2, -0.15) is 0 Å². The average molecular weight is 946 g/mol. The van der Waals surface area contributed by atoms with Gasteiger partial charge in [0.15, 0.2) is 0 Å². The summed E-state index contributed by atoms with van der Waals surface area (Å²) in [4.78, 5) is 56.9. The highest BCUT2D eigenvalue weighted by molar-refractivity contribution is 6.03. The smallest absolute Gasteiger partial charge is 0.415 e. The van der Waals surface area contributed by atoms with Crippen molar-refractivity contribution in [1.82, 2.24) is 10.2 Å². The van der Waals surface area contributed by atoms with E-state index in [0.29, 0.717) is 73.2 Å². The molecule has 3 aromatic rings. The molecule has 6 atom stereocenters. The summed E-state index contributed by atoms with van der Waals surface area (Å²) in [5, 5.41) is 59.7. The molecule has 3 aromatic carbocycles. The number of aliphatic hydroxyl groups excluding tert-OH is 3. The molecule has 0 radical (unpaired) electrons.